The lowest BCUT2D eigenvalue weighted by Gasteiger charge is -2.11. The number of hydrogen-bond acceptors (Lipinski definition) is 5. The van der Waals surface area contributed by atoms with Crippen LogP contribution in [0.1, 0.15) is 21.9 Å². The van der Waals surface area contributed by atoms with Gasteiger partial charge in [-0.15, -0.1) is 5.10 Å². The van der Waals surface area contributed by atoms with Crippen LogP contribution in [0.15, 0.2) is 47.1 Å². The maximum atomic E-state index is 13.5. The monoisotopic (exact) mass is 411 g/mol. The van der Waals surface area contributed by atoms with Crippen LogP contribution in [0.3, 0.4) is 0 Å². The number of halogens is 4. The van der Waals surface area contributed by atoms with Gasteiger partial charge in [-0.1, -0.05) is 11.3 Å². The van der Waals surface area contributed by atoms with Gasteiger partial charge in [-0.3, -0.25) is 9.59 Å². The summed E-state index contributed by atoms with van der Waals surface area (Å²) in [6, 6.07) is 7.45. The Morgan fingerprint density at radius 3 is 2.59 bits per heavy atom. The molecule has 0 atom stereocenters. The maximum Gasteiger partial charge on any atom is 0.435 e. The zero-order valence-corrected chi connectivity index (χ0v) is 14.5. The molecule has 0 saturated carbocycles. The van der Waals surface area contributed by atoms with E-state index in [1.807, 2.05) is 5.32 Å². The van der Waals surface area contributed by atoms with Crippen LogP contribution in [0, 0.1) is 5.82 Å². The molecule has 0 fully saturated rings. The van der Waals surface area contributed by atoms with Crippen molar-refractivity contribution in [2.45, 2.75) is 12.7 Å². The quantitative estimate of drug-likeness (QED) is 0.605. The third-order valence-corrected chi connectivity index (χ3v) is 3.66. The van der Waals surface area contributed by atoms with E-state index in [0.717, 1.165) is 12.1 Å². The van der Waals surface area contributed by atoms with Crippen LogP contribution in [0.4, 0.5) is 17.6 Å². The van der Waals surface area contributed by atoms with Crippen molar-refractivity contribution in [3.8, 4) is 5.69 Å². The Bertz CT molecular complexity index is 1010. The molecule has 2 heterocycles. The molecule has 2 amide bonds. The van der Waals surface area contributed by atoms with Crippen molar-refractivity contribution in [1.82, 2.24) is 25.6 Å². The van der Waals surface area contributed by atoms with Crippen LogP contribution in [0.2, 0.25) is 0 Å². The van der Waals surface area contributed by atoms with Gasteiger partial charge in [0, 0.05) is 0 Å². The highest BCUT2D eigenvalue weighted by Gasteiger charge is 2.42. The molecule has 2 aromatic heterocycles. The first-order chi connectivity index (χ1) is 13.8. The molecule has 0 bridgehead atoms. The molecule has 0 unspecified atom stereocenters. The molecule has 152 valence electrons. The summed E-state index contributed by atoms with van der Waals surface area (Å²) in [7, 11) is 0. The molecule has 3 rings (SSSR count). The summed E-state index contributed by atoms with van der Waals surface area (Å²) >= 11 is 0. The summed E-state index contributed by atoms with van der Waals surface area (Å²) in [5.41, 5.74) is -2.79. The van der Waals surface area contributed by atoms with Crippen molar-refractivity contribution in [2.24, 2.45) is 0 Å². The molecule has 0 aliphatic rings. The summed E-state index contributed by atoms with van der Waals surface area (Å²) in [6.45, 7) is -0.547. The van der Waals surface area contributed by atoms with Crippen LogP contribution >= 0.6 is 0 Å². The minimum absolute atomic E-state index is 0.0469. The number of alkyl halides is 3. The number of benzene rings is 1. The molecule has 0 aliphatic heterocycles. The predicted octanol–water partition coefficient (Wildman–Crippen LogP) is 2.06. The second-order valence-corrected chi connectivity index (χ2v) is 5.71. The summed E-state index contributed by atoms with van der Waals surface area (Å²) < 4.78 is 59.2. The van der Waals surface area contributed by atoms with Gasteiger partial charge in [-0.2, -0.15) is 13.2 Å². The van der Waals surface area contributed by atoms with Gasteiger partial charge in [0.2, 0.25) is 5.91 Å². The summed E-state index contributed by atoms with van der Waals surface area (Å²) in [6.07, 6.45) is -3.60. The first-order valence-corrected chi connectivity index (χ1v) is 8.12. The van der Waals surface area contributed by atoms with Crippen LogP contribution < -0.4 is 10.6 Å². The van der Waals surface area contributed by atoms with Crippen molar-refractivity contribution < 1.29 is 31.6 Å². The summed E-state index contributed by atoms with van der Waals surface area (Å²) in [5.74, 6) is -2.23. The number of carbonyl (C=O) groups is 2. The smallest absolute Gasteiger partial charge is 0.435 e. The average molecular weight is 411 g/mol. The molecule has 8 nitrogen and oxygen atoms in total. The topological polar surface area (TPSA) is 102 Å². The largest absolute Gasteiger partial charge is 0.467 e. The van der Waals surface area contributed by atoms with Crippen LogP contribution in [0.5, 0.6) is 0 Å². The number of amides is 2. The first kappa shape index (κ1) is 20.0. The number of aromatic nitrogens is 3. The molecule has 3 aromatic rings. The van der Waals surface area contributed by atoms with E-state index in [1.54, 1.807) is 12.1 Å². The SMILES string of the molecule is O=C(CNC(=O)c1nnn(-c2cccc(F)c2)c1C(F)(F)F)NCc1ccco1. The number of nitrogens with one attached hydrogen (secondary N) is 2. The van der Waals surface area contributed by atoms with Crippen molar-refractivity contribution in [1.29, 1.82) is 0 Å². The Morgan fingerprint density at radius 2 is 1.93 bits per heavy atom. The fourth-order valence-electron chi connectivity index (χ4n) is 2.38. The Labute approximate surface area is 160 Å². The minimum atomic E-state index is -5.01. The predicted molar refractivity (Wildman–Crippen MR) is 89.2 cm³/mol. The summed E-state index contributed by atoms with van der Waals surface area (Å²) in [5, 5.41) is 11.1. The first-order valence-electron chi connectivity index (χ1n) is 8.12. The van der Waals surface area contributed by atoms with Crippen molar-refractivity contribution in [3.05, 3.63) is 65.6 Å². The molecular weight excluding hydrogens is 398 g/mol. The zero-order chi connectivity index (χ0) is 21.0. The normalized spacial score (nSPS) is 11.3. The number of rotatable bonds is 6. The van der Waals surface area contributed by atoms with Crippen LogP contribution in [-0.2, 0) is 17.5 Å². The van der Waals surface area contributed by atoms with E-state index < -0.39 is 41.7 Å². The highest BCUT2D eigenvalue weighted by Crippen LogP contribution is 2.32. The average Bonchev–Trinajstić information content (AvgIpc) is 3.33. The third-order valence-electron chi connectivity index (χ3n) is 3.66. The minimum Gasteiger partial charge on any atom is -0.467 e. The number of furan rings is 1. The molecule has 0 radical (unpaired) electrons. The molecule has 12 heteroatoms. The van der Waals surface area contributed by atoms with E-state index in [9.17, 15) is 27.2 Å². The second kappa shape index (κ2) is 8.12. The van der Waals surface area contributed by atoms with E-state index in [2.05, 4.69) is 15.6 Å². The van der Waals surface area contributed by atoms with E-state index in [1.165, 1.54) is 18.4 Å². The number of hydrogen-bond donors (Lipinski definition) is 2. The lowest BCUT2D eigenvalue weighted by atomic mass is 10.2. The van der Waals surface area contributed by atoms with E-state index in [0.29, 0.717) is 10.4 Å². The molecule has 0 spiro atoms. The van der Waals surface area contributed by atoms with E-state index in [-0.39, 0.29) is 12.2 Å². The van der Waals surface area contributed by atoms with E-state index in [4.69, 9.17) is 4.42 Å². The fraction of sp³-hybridized carbons (Fsp3) is 0.176. The lowest BCUT2D eigenvalue weighted by Crippen LogP contribution is -2.37. The lowest BCUT2D eigenvalue weighted by molar-refractivity contribution is -0.143. The van der Waals surface area contributed by atoms with Gasteiger partial charge in [-0.05, 0) is 30.3 Å². The highest BCUT2D eigenvalue weighted by molar-refractivity contribution is 5.95. The van der Waals surface area contributed by atoms with Crippen LogP contribution in [-0.4, -0.2) is 33.4 Å². The Kier molecular flexibility index (Phi) is 5.61. The molecular formula is C17H13F4N5O3. The van der Waals surface area contributed by atoms with Crippen molar-refractivity contribution >= 4 is 11.8 Å². The number of carbonyl (C=O) groups excluding carboxylic acids is 2. The van der Waals surface area contributed by atoms with Gasteiger partial charge in [0.1, 0.15) is 11.6 Å². The van der Waals surface area contributed by atoms with Gasteiger partial charge in [0.05, 0.1) is 25.0 Å². The zero-order valence-electron chi connectivity index (χ0n) is 14.5. The highest BCUT2D eigenvalue weighted by atomic mass is 19.4. The molecule has 2 N–H and O–H groups in total. The van der Waals surface area contributed by atoms with Gasteiger partial charge < -0.3 is 15.1 Å². The van der Waals surface area contributed by atoms with Gasteiger partial charge in [0.25, 0.3) is 5.91 Å². The van der Waals surface area contributed by atoms with Crippen molar-refractivity contribution in [2.75, 3.05) is 6.54 Å². The maximum absolute atomic E-state index is 13.5. The van der Waals surface area contributed by atoms with Crippen LogP contribution in [0.25, 0.3) is 5.69 Å². The van der Waals surface area contributed by atoms with Crippen molar-refractivity contribution in [3.63, 3.8) is 0 Å². The fourth-order valence-corrected chi connectivity index (χ4v) is 2.38. The summed E-state index contributed by atoms with van der Waals surface area (Å²) in [4.78, 5) is 23.9. The molecule has 1 aromatic carbocycles. The van der Waals surface area contributed by atoms with Gasteiger partial charge in [-0.25, -0.2) is 9.07 Å². The van der Waals surface area contributed by atoms with Gasteiger partial charge >= 0.3 is 6.18 Å². The number of nitrogens with zero attached hydrogens (tertiary/aromatic N) is 3. The van der Waals surface area contributed by atoms with E-state index >= 15 is 0 Å². The molecule has 0 aliphatic carbocycles. The second-order valence-electron chi connectivity index (χ2n) is 5.71. The Balaban J connectivity index is 1.74. The Morgan fingerprint density at radius 1 is 1.14 bits per heavy atom. The third kappa shape index (κ3) is 4.78. The van der Waals surface area contributed by atoms with Gasteiger partial charge in [0.15, 0.2) is 11.4 Å². The molecule has 29 heavy (non-hydrogen) atoms. The molecule has 0 saturated heterocycles. The Hall–Kier alpha value is -3.70. The standard InChI is InChI=1S/C17H13F4N5O3/c18-10-3-1-4-11(7-10)26-15(17(19,20)21)14(24-25-26)16(28)23-9-13(27)22-8-12-5-2-6-29-12/h1-7H,8-9H2,(H,22,27)(H,23,28).